The van der Waals surface area contributed by atoms with Crippen LogP contribution in [0, 0.1) is 6.92 Å². The summed E-state index contributed by atoms with van der Waals surface area (Å²) in [7, 11) is -4.19. The average Bonchev–Trinajstić information content (AvgIpc) is 2.66. The summed E-state index contributed by atoms with van der Waals surface area (Å²) < 4.78 is 61.8. The topological polar surface area (TPSA) is 57.6 Å². The maximum Gasteiger partial charge on any atom is 0.402 e. The summed E-state index contributed by atoms with van der Waals surface area (Å²) in [4.78, 5) is 0.594. The molecule has 1 aromatic rings. The average molecular weight is 317 g/mol. The number of alkyl halides is 3. The molecular formula is C10H14F3NO3S2. The second-order valence-corrected chi connectivity index (χ2v) is 7.08. The smallest absolute Gasteiger partial charge is 0.391 e. The Kier molecular flexibility index (Phi) is 4.99. The number of thiophene rings is 1. The zero-order chi connectivity index (χ0) is 14.8. The molecule has 4 nitrogen and oxygen atoms in total. The van der Waals surface area contributed by atoms with E-state index in [0.717, 1.165) is 11.3 Å². The fourth-order valence-electron chi connectivity index (χ4n) is 1.56. The largest absolute Gasteiger partial charge is 0.402 e. The molecule has 0 saturated carbocycles. The molecule has 0 aliphatic carbocycles. The first-order valence-electron chi connectivity index (χ1n) is 5.39. The van der Waals surface area contributed by atoms with Crippen LogP contribution >= 0.6 is 11.3 Å². The Morgan fingerprint density at radius 3 is 2.37 bits per heavy atom. The molecule has 0 spiro atoms. The highest BCUT2D eigenvalue weighted by Gasteiger charge is 2.37. The van der Waals surface area contributed by atoms with Gasteiger partial charge >= 0.3 is 6.18 Å². The number of halogens is 3. The van der Waals surface area contributed by atoms with Gasteiger partial charge < -0.3 is 5.11 Å². The number of sulfonamides is 1. The number of aliphatic hydroxyl groups excluding tert-OH is 1. The summed E-state index contributed by atoms with van der Waals surface area (Å²) in [6.07, 6.45) is -4.59. The Morgan fingerprint density at radius 2 is 2.00 bits per heavy atom. The first-order valence-corrected chi connectivity index (χ1v) is 7.64. The molecule has 0 saturated heterocycles. The summed E-state index contributed by atoms with van der Waals surface area (Å²) in [6, 6.07) is 1.22. The predicted molar refractivity (Wildman–Crippen MR) is 65.5 cm³/mol. The minimum Gasteiger partial charge on any atom is -0.391 e. The van der Waals surface area contributed by atoms with Crippen molar-refractivity contribution < 1.29 is 26.7 Å². The molecular weight excluding hydrogens is 303 g/mol. The number of hydrogen-bond donors (Lipinski definition) is 1. The molecule has 0 aromatic carbocycles. The van der Waals surface area contributed by atoms with Gasteiger partial charge in [0.15, 0.2) is 0 Å². The predicted octanol–water partition coefficient (Wildman–Crippen LogP) is 2.12. The van der Waals surface area contributed by atoms with Gasteiger partial charge in [-0.05, 0) is 13.0 Å². The lowest BCUT2D eigenvalue weighted by Crippen LogP contribution is -2.38. The van der Waals surface area contributed by atoms with Crippen molar-refractivity contribution in [2.45, 2.75) is 31.5 Å². The van der Waals surface area contributed by atoms with Crippen molar-refractivity contribution in [1.82, 2.24) is 4.31 Å². The highest BCUT2D eigenvalue weighted by Crippen LogP contribution is 2.29. The summed E-state index contributed by atoms with van der Waals surface area (Å²) in [5.41, 5.74) is 0. The molecule has 0 atom stereocenters. The van der Waals surface area contributed by atoms with Gasteiger partial charge in [0, 0.05) is 16.3 Å². The van der Waals surface area contributed by atoms with E-state index in [9.17, 15) is 21.6 Å². The van der Waals surface area contributed by atoms with Gasteiger partial charge in [0.1, 0.15) is 6.54 Å². The van der Waals surface area contributed by atoms with E-state index in [4.69, 9.17) is 5.11 Å². The van der Waals surface area contributed by atoms with Crippen LogP contribution in [0.25, 0.3) is 0 Å². The van der Waals surface area contributed by atoms with Gasteiger partial charge in [-0.1, -0.05) is 6.92 Å². The van der Waals surface area contributed by atoms with Crippen LogP contribution < -0.4 is 0 Å². The maximum absolute atomic E-state index is 12.4. The van der Waals surface area contributed by atoms with Crippen LogP contribution in [-0.4, -0.2) is 37.1 Å². The van der Waals surface area contributed by atoms with Crippen LogP contribution in [0.15, 0.2) is 11.0 Å². The van der Waals surface area contributed by atoms with Crippen LogP contribution in [0.4, 0.5) is 13.2 Å². The van der Waals surface area contributed by atoms with Crippen molar-refractivity contribution in [3.8, 4) is 0 Å². The molecule has 1 N–H and O–H groups in total. The Hall–Kier alpha value is -0.640. The first kappa shape index (κ1) is 16.4. The van der Waals surface area contributed by atoms with Gasteiger partial charge in [-0.15, -0.1) is 11.3 Å². The highest BCUT2D eigenvalue weighted by atomic mass is 32.2. The molecule has 1 aromatic heterocycles. The summed E-state index contributed by atoms with van der Waals surface area (Å²) >= 11 is 1.05. The number of hydrogen-bond acceptors (Lipinski definition) is 4. The molecule has 0 aliphatic heterocycles. The molecule has 110 valence electrons. The lowest BCUT2D eigenvalue weighted by atomic mass is 10.4. The van der Waals surface area contributed by atoms with Gasteiger partial charge in [-0.3, -0.25) is 0 Å². The summed E-state index contributed by atoms with van der Waals surface area (Å²) in [6.45, 7) is 0.712. The first-order chi connectivity index (χ1) is 8.61. The SMILES string of the molecule is CCN(CC(F)(F)F)S(=O)(=O)c1cc(CO)sc1C. The molecule has 1 heterocycles. The van der Waals surface area contributed by atoms with Crippen molar-refractivity contribution in [3.05, 3.63) is 15.8 Å². The molecule has 1 rings (SSSR count). The van der Waals surface area contributed by atoms with Gasteiger partial charge in [0.05, 0.1) is 11.5 Å². The second kappa shape index (κ2) is 5.78. The quantitative estimate of drug-likeness (QED) is 0.905. The molecule has 0 amide bonds. The Labute approximate surface area is 113 Å². The second-order valence-electron chi connectivity index (χ2n) is 3.84. The van der Waals surface area contributed by atoms with Crippen LogP contribution in [-0.2, 0) is 16.6 Å². The molecule has 0 bridgehead atoms. The minimum atomic E-state index is -4.59. The Balaban J connectivity index is 3.17. The van der Waals surface area contributed by atoms with E-state index in [2.05, 4.69) is 0 Å². The fraction of sp³-hybridized carbons (Fsp3) is 0.600. The number of aliphatic hydroxyl groups is 1. The van der Waals surface area contributed by atoms with E-state index in [0.29, 0.717) is 14.1 Å². The van der Waals surface area contributed by atoms with Crippen LogP contribution in [0.1, 0.15) is 16.7 Å². The summed E-state index contributed by atoms with van der Waals surface area (Å²) in [5.74, 6) is 0. The third kappa shape index (κ3) is 3.91. The van der Waals surface area contributed by atoms with Gasteiger partial charge in [0.2, 0.25) is 10.0 Å². The van der Waals surface area contributed by atoms with Crippen molar-refractivity contribution in [3.63, 3.8) is 0 Å². The molecule has 0 aliphatic rings. The van der Waals surface area contributed by atoms with Gasteiger partial charge in [-0.25, -0.2) is 8.42 Å². The zero-order valence-electron chi connectivity index (χ0n) is 10.4. The maximum atomic E-state index is 12.4. The Morgan fingerprint density at radius 1 is 1.42 bits per heavy atom. The standard InChI is InChI=1S/C10H14F3NO3S2/c1-3-14(6-10(11,12)13)19(16,17)9-4-8(5-15)18-7(9)2/h4,15H,3,5-6H2,1-2H3. The van der Waals surface area contributed by atoms with E-state index in [1.54, 1.807) is 0 Å². The molecule has 0 radical (unpaired) electrons. The van der Waals surface area contributed by atoms with Gasteiger partial charge in [-0.2, -0.15) is 17.5 Å². The zero-order valence-corrected chi connectivity index (χ0v) is 12.0. The van der Waals surface area contributed by atoms with E-state index in [-0.39, 0.29) is 18.0 Å². The monoisotopic (exact) mass is 317 g/mol. The van der Waals surface area contributed by atoms with Crippen molar-refractivity contribution in [1.29, 1.82) is 0 Å². The van der Waals surface area contributed by atoms with Crippen LogP contribution in [0.3, 0.4) is 0 Å². The lowest BCUT2D eigenvalue weighted by molar-refractivity contribution is -0.135. The lowest BCUT2D eigenvalue weighted by Gasteiger charge is -2.21. The van der Waals surface area contributed by atoms with Crippen molar-refractivity contribution in [2.24, 2.45) is 0 Å². The summed E-state index contributed by atoms with van der Waals surface area (Å²) in [5, 5.41) is 8.95. The Bertz CT molecular complexity index is 537. The van der Waals surface area contributed by atoms with Crippen LogP contribution in [0.5, 0.6) is 0 Å². The number of aryl methyl sites for hydroxylation is 1. The third-order valence-corrected chi connectivity index (χ3v) is 5.62. The van der Waals surface area contributed by atoms with Crippen LogP contribution in [0.2, 0.25) is 0 Å². The van der Waals surface area contributed by atoms with Crippen molar-refractivity contribution in [2.75, 3.05) is 13.1 Å². The third-order valence-electron chi connectivity index (χ3n) is 2.41. The van der Waals surface area contributed by atoms with E-state index in [1.807, 2.05) is 0 Å². The molecule has 0 fully saturated rings. The fourth-order valence-corrected chi connectivity index (χ4v) is 4.46. The minimum absolute atomic E-state index is 0.173. The molecule has 19 heavy (non-hydrogen) atoms. The molecule has 0 unspecified atom stereocenters. The van der Waals surface area contributed by atoms with E-state index < -0.39 is 22.7 Å². The van der Waals surface area contributed by atoms with E-state index in [1.165, 1.54) is 19.9 Å². The number of rotatable bonds is 5. The molecule has 9 heteroatoms. The highest BCUT2D eigenvalue weighted by molar-refractivity contribution is 7.89. The van der Waals surface area contributed by atoms with Gasteiger partial charge in [0.25, 0.3) is 0 Å². The van der Waals surface area contributed by atoms with E-state index >= 15 is 0 Å². The number of nitrogens with zero attached hydrogens (tertiary/aromatic N) is 1. The normalized spacial score (nSPS) is 13.2. The van der Waals surface area contributed by atoms with Crippen molar-refractivity contribution >= 4 is 21.4 Å².